The normalized spacial score (nSPS) is 32.9. The molecule has 0 saturated heterocycles. The van der Waals surface area contributed by atoms with Gasteiger partial charge >= 0.3 is 0 Å². The Bertz CT molecular complexity index is 354. The van der Waals surface area contributed by atoms with Gasteiger partial charge in [0.15, 0.2) is 0 Å². The number of hydrogen-bond acceptors (Lipinski definition) is 2. The molecule has 0 N–H and O–H groups in total. The molecule has 0 bridgehead atoms. The Balaban J connectivity index is 1.53. The maximum atomic E-state index is 8.96. The minimum absolute atomic E-state index is 0.356. The predicted molar refractivity (Wildman–Crippen MR) is 91.4 cm³/mol. The van der Waals surface area contributed by atoms with Crippen LogP contribution >= 0.6 is 0 Å². The molecule has 0 aromatic carbocycles. The molecule has 0 atom stereocenters. The smallest absolute Gasteiger partial charge is 0.0655 e. The topological polar surface area (TPSA) is 33.0 Å². The van der Waals surface area contributed by atoms with E-state index in [0.29, 0.717) is 5.92 Å². The molecule has 124 valence electrons. The molecular weight excluding hydrogens is 270 g/mol. The molecule has 2 saturated carbocycles. The zero-order valence-electron chi connectivity index (χ0n) is 14.3. The average molecular weight is 303 g/mol. The first-order valence-corrected chi connectivity index (χ1v) is 9.40. The van der Waals surface area contributed by atoms with Crippen molar-refractivity contribution in [1.82, 2.24) is 0 Å². The molecular formula is C20H33NO. The summed E-state index contributed by atoms with van der Waals surface area (Å²) in [5.74, 6) is 3.02. The molecule has 2 fully saturated rings. The molecule has 22 heavy (non-hydrogen) atoms. The summed E-state index contributed by atoms with van der Waals surface area (Å²) < 4.78 is 5.71. The third-order valence-electron chi connectivity index (χ3n) is 5.78. The second kappa shape index (κ2) is 10.1. The lowest BCUT2D eigenvalue weighted by atomic mass is 9.76. The van der Waals surface area contributed by atoms with E-state index in [1.807, 2.05) is 6.92 Å². The van der Waals surface area contributed by atoms with Gasteiger partial charge in [0, 0.05) is 12.5 Å². The standard InChI is InChI=1S/C20H33NO/c1-2-3-14-22-16-20-12-8-18(9-13-20)5-4-17-6-10-19(15-21)11-7-17/h2-3,17-20H,4-14,16H2,1H3/b3-2-. The molecule has 2 heteroatoms. The van der Waals surface area contributed by atoms with Crippen LogP contribution in [0.25, 0.3) is 0 Å². The predicted octanol–water partition coefficient (Wildman–Crippen LogP) is 5.50. The van der Waals surface area contributed by atoms with Crippen LogP contribution in [0.5, 0.6) is 0 Å². The molecule has 0 unspecified atom stereocenters. The van der Waals surface area contributed by atoms with Gasteiger partial charge in [-0.3, -0.25) is 0 Å². The van der Waals surface area contributed by atoms with Crippen LogP contribution in [0.1, 0.15) is 71.1 Å². The fraction of sp³-hybridized carbons (Fsp3) is 0.850. The van der Waals surface area contributed by atoms with Crippen molar-refractivity contribution >= 4 is 0 Å². The molecule has 2 aliphatic carbocycles. The summed E-state index contributed by atoms with van der Waals surface area (Å²) in [7, 11) is 0. The van der Waals surface area contributed by atoms with Gasteiger partial charge in [-0.2, -0.15) is 5.26 Å². The van der Waals surface area contributed by atoms with E-state index in [1.54, 1.807) is 0 Å². The molecule has 0 aromatic heterocycles. The summed E-state index contributed by atoms with van der Waals surface area (Å²) in [6.45, 7) is 3.78. The fourth-order valence-corrected chi connectivity index (χ4v) is 4.14. The van der Waals surface area contributed by atoms with Gasteiger partial charge in [-0.1, -0.05) is 37.8 Å². The molecule has 0 aliphatic heterocycles. The third-order valence-corrected chi connectivity index (χ3v) is 5.78. The quantitative estimate of drug-likeness (QED) is 0.460. The van der Waals surface area contributed by atoms with Crippen LogP contribution in [0.15, 0.2) is 12.2 Å². The first kappa shape index (κ1) is 17.5. The van der Waals surface area contributed by atoms with Crippen LogP contribution in [0.3, 0.4) is 0 Å². The van der Waals surface area contributed by atoms with E-state index in [4.69, 9.17) is 10.00 Å². The summed E-state index contributed by atoms with van der Waals surface area (Å²) in [4.78, 5) is 0. The maximum Gasteiger partial charge on any atom is 0.0655 e. The summed E-state index contributed by atoms with van der Waals surface area (Å²) in [5.41, 5.74) is 0. The Morgan fingerprint density at radius 1 is 0.909 bits per heavy atom. The fourth-order valence-electron chi connectivity index (χ4n) is 4.14. The Morgan fingerprint density at radius 3 is 2.00 bits per heavy atom. The number of nitrogens with zero attached hydrogens (tertiary/aromatic N) is 1. The van der Waals surface area contributed by atoms with E-state index in [1.165, 1.54) is 51.4 Å². The second-order valence-corrected chi connectivity index (χ2v) is 7.42. The summed E-state index contributed by atoms with van der Waals surface area (Å²) in [6.07, 6.45) is 17.4. The first-order chi connectivity index (χ1) is 10.8. The molecule has 0 spiro atoms. The molecule has 0 aromatic rings. The van der Waals surface area contributed by atoms with Crippen LogP contribution in [-0.2, 0) is 4.74 Å². The first-order valence-electron chi connectivity index (χ1n) is 9.40. The van der Waals surface area contributed by atoms with E-state index in [9.17, 15) is 0 Å². The van der Waals surface area contributed by atoms with Crippen molar-refractivity contribution in [2.75, 3.05) is 13.2 Å². The van der Waals surface area contributed by atoms with E-state index in [2.05, 4.69) is 18.2 Å². The number of allylic oxidation sites excluding steroid dienone is 1. The largest absolute Gasteiger partial charge is 0.377 e. The monoisotopic (exact) mass is 303 g/mol. The minimum Gasteiger partial charge on any atom is -0.377 e. The number of hydrogen-bond donors (Lipinski definition) is 0. The number of nitriles is 1. The molecule has 0 radical (unpaired) electrons. The maximum absolute atomic E-state index is 8.96. The van der Waals surface area contributed by atoms with Crippen LogP contribution in [0, 0.1) is 35.0 Å². The van der Waals surface area contributed by atoms with Crippen LogP contribution in [0.4, 0.5) is 0 Å². The summed E-state index contributed by atoms with van der Waals surface area (Å²) >= 11 is 0. The highest BCUT2D eigenvalue weighted by molar-refractivity contribution is 4.87. The molecule has 2 nitrogen and oxygen atoms in total. The van der Waals surface area contributed by atoms with Crippen molar-refractivity contribution in [3.05, 3.63) is 12.2 Å². The average Bonchev–Trinajstić information content (AvgIpc) is 2.58. The molecule has 2 rings (SSSR count). The van der Waals surface area contributed by atoms with Gasteiger partial charge in [-0.25, -0.2) is 0 Å². The van der Waals surface area contributed by atoms with E-state index in [-0.39, 0.29) is 0 Å². The van der Waals surface area contributed by atoms with Crippen LogP contribution in [0.2, 0.25) is 0 Å². The Hall–Kier alpha value is -0.810. The van der Waals surface area contributed by atoms with Crippen molar-refractivity contribution in [2.24, 2.45) is 23.7 Å². The van der Waals surface area contributed by atoms with Gasteiger partial charge in [0.2, 0.25) is 0 Å². The lowest BCUT2D eigenvalue weighted by molar-refractivity contribution is 0.0936. The highest BCUT2D eigenvalue weighted by atomic mass is 16.5. The lowest BCUT2D eigenvalue weighted by Crippen LogP contribution is -2.20. The van der Waals surface area contributed by atoms with E-state index < -0.39 is 0 Å². The van der Waals surface area contributed by atoms with Crippen molar-refractivity contribution in [2.45, 2.75) is 71.1 Å². The Kier molecular flexibility index (Phi) is 8.02. The Morgan fingerprint density at radius 2 is 1.45 bits per heavy atom. The minimum atomic E-state index is 0.356. The van der Waals surface area contributed by atoms with E-state index >= 15 is 0 Å². The van der Waals surface area contributed by atoms with Crippen molar-refractivity contribution < 1.29 is 4.74 Å². The van der Waals surface area contributed by atoms with E-state index in [0.717, 1.165) is 43.8 Å². The van der Waals surface area contributed by atoms with Gasteiger partial charge < -0.3 is 4.74 Å². The number of rotatable bonds is 7. The molecule has 2 aliphatic rings. The summed E-state index contributed by atoms with van der Waals surface area (Å²) in [6, 6.07) is 2.44. The van der Waals surface area contributed by atoms with Gasteiger partial charge in [-0.05, 0) is 63.2 Å². The second-order valence-electron chi connectivity index (χ2n) is 7.42. The molecule has 0 amide bonds. The van der Waals surface area contributed by atoms with Crippen molar-refractivity contribution in [3.8, 4) is 6.07 Å². The highest BCUT2D eigenvalue weighted by Crippen LogP contribution is 2.36. The zero-order chi connectivity index (χ0) is 15.6. The number of ether oxygens (including phenoxy) is 1. The van der Waals surface area contributed by atoms with Crippen molar-refractivity contribution in [1.29, 1.82) is 5.26 Å². The van der Waals surface area contributed by atoms with Crippen LogP contribution < -0.4 is 0 Å². The van der Waals surface area contributed by atoms with Gasteiger partial charge in [0.25, 0.3) is 0 Å². The summed E-state index contributed by atoms with van der Waals surface area (Å²) in [5, 5.41) is 8.96. The van der Waals surface area contributed by atoms with Crippen molar-refractivity contribution in [3.63, 3.8) is 0 Å². The zero-order valence-corrected chi connectivity index (χ0v) is 14.3. The van der Waals surface area contributed by atoms with Gasteiger partial charge in [-0.15, -0.1) is 0 Å². The third kappa shape index (κ3) is 6.13. The SMILES string of the molecule is C/C=C\COCC1CCC(CCC2CCC(C#N)CC2)CC1. The lowest BCUT2D eigenvalue weighted by Gasteiger charge is -2.30. The highest BCUT2D eigenvalue weighted by Gasteiger charge is 2.24. The van der Waals surface area contributed by atoms with Crippen LogP contribution in [-0.4, -0.2) is 13.2 Å². The van der Waals surface area contributed by atoms with Gasteiger partial charge in [0.1, 0.15) is 0 Å². The van der Waals surface area contributed by atoms with Gasteiger partial charge in [0.05, 0.1) is 12.7 Å². The molecule has 0 heterocycles. The Labute approximate surface area is 136 Å².